The van der Waals surface area contributed by atoms with Crippen LogP contribution in [0.2, 0.25) is 0 Å². The molecule has 0 aromatic heterocycles. The fourth-order valence-corrected chi connectivity index (χ4v) is 5.13. The van der Waals surface area contributed by atoms with Gasteiger partial charge in [0.15, 0.2) is 0 Å². The Balaban J connectivity index is 1.64. The van der Waals surface area contributed by atoms with Crippen molar-refractivity contribution in [1.29, 1.82) is 0 Å². The number of halogens is 3. The maximum atomic E-state index is 14.0. The lowest BCUT2D eigenvalue weighted by Gasteiger charge is -2.30. The molecule has 9 heteroatoms. The maximum Gasteiger partial charge on any atom is 0.387 e. The van der Waals surface area contributed by atoms with Gasteiger partial charge in [0.25, 0.3) is 10.0 Å². The van der Waals surface area contributed by atoms with Crippen molar-refractivity contribution in [1.82, 2.24) is 0 Å². The second-order valence-electron chi connectivity index (χ2n) is 7.78. The van der Waals surface area contributed by atoms with Crippen molar-refractivity contribution >= 4 is 15.7 Å². The van der Waals surface area contributed by atoms with Gasteiger partial charge in [-0.05, 0) is 59.7 Å². The largest absolute Gasteiger partial charge is 0.480 e. The minimum absolute atomic E-state index is 0.0774. The minimum atomic E-state index is -3.89. The molecule has 178 valence electrons. The lowest BCUT2D eigenvalue weighted by atomic mass is 9.89. The third-order valence-electron chi connectivity index (χ3n) is 5.51. The summed E-state index contributed by atoms with van der Waals surface area (Å²) in [7, 11) is -3.89. The monoisotopic (exact) mass is 497 g/mol. The van der Waals surface area contributed by atoms with Gasteiger partial charge >= 0.3 is 6.61 Å². The van der Waals surface area contributed by atoms with Crippen LogP contribution in [0.4, 0.5) is 18.9 Å². The van der Waals surface area contributed by atoms with E-state index >= 15 is 0 Å². The molecular formula is C26H18F3NO4S. The van der Waals surface area contributed by atoms with Gasteiger partial charge in [0.1, 0.15) is 23.4 Å². The average Bonchev–Trinajstić information content (AvgIpc) is 2.83. The second-order valence-corrected chi connectivity index (χ2v) is 9.46. The number of ether oxygens (including phenoxy) is 2. The van der Waals surface area contributed by atoms with Crippen LogP contribution < -0.4 is 14.2 Å². The molecule has 0 radical (unpaired) electrons. The highest BCUT2D eigenvalue weighted by Crippen LogP contribution is 2.49. The first-order valence-electron chi connectivity index (χ1n) is 10.5. The third kappa shape index (κ3) is 4.54. The molecule has 1 aliphatic rings. The van der Waals surface area contributed by atoms with Gasteiger partial charge in [0.05, 0.1) is 10.5 Å². The first-order valence-corrected chi connectivity index (χ1v) is 12.0. The normalized spacial score (nSPS) is 14.6. The Morgan fingerprint density at radius 2 is 1.66 bits per heavy atom. The van der Waals surface area contributed by atoms with Crippen LogP contribution >= 0.6 is 0 Å². The number of hydrogen-bond acceptors (Lipinski definition) is 4. The fraction of sp³-hybridized carbons (Fsp3) is 0.0769. The molecule has 0 aliphatic carbocycles. The van der Waals surface area contributed by atoms with Crippen molar-refractivity contribution < 1.29 is 31.1 Å². The van der Waals surface area contributed by atoms with Crippen molar-refractivity contribution in [2.24, 2.45) is 0 Å². The van der Waals surface area contributed by atoms with Crippen molar-refractivity contribution in [2.45, 2.75) is 17.6 Å². The number of fused-ring (bicyclic) bond motifs is 3. The Kier molecular flexibility index (Phi) is 5.86. The van der Waals surface area contributed by atoms with E-state index in [2.05, 4.69) is 4.72 Å². The van der Waals surface area contributed by atoms with E-state index in [-0.39, 0.29) is 22.1 Å². The lowest BCUT2D eigenvalue weighted by Crippen LogP contribution is -2.18. The number of benzene rings is 4. The average molecular weight is 497 g/mol. The van der Waals surface area contributed by atoms with Gasteiger partial charge in [-0.3, -0.25) is 4.72 Å². The zero-order chi connectivity index (χ0) is 24.6. The Labute approximate surface area is 199 Å². The van der Waals surface area contributed by atoms with Crippen LogP contribution in [-0.2, 0) is 10.0 Å². The van der Waals surface area contributed by atoms with Gasteiger partial charge in [-0.1, -0.05) is 42.5 Å². The number of nitrogens with one attached hydrogen (secondary N) is 1. The van der Waals surface area contributed by atoms with E-state index < -0.39 is 28.6 Å². The highest BCUT2D eigenvalue weighted by molar-refractivity contribution is 7.92. The summed E-state index contributed by atoms with van der Waals surface area (Å²) in [5.41, 5.74) is 1.96. The Morgan fingerprint density at radius 3 is 2.40 bits per heavy atom. The second kappa shape index (κ2) is 8.99. The van der Waals surface area contributed by atoms with Gasteiger partial charge < -0.3 is 9.47 Å². The molecule has 0 fully saturated rings. The number of alkyl halides is 2. The molecule has 0 spiro atoms. The van der Waals surface area contributed by atoms with Crippen LogP contribution in [0.5, 0.6) is 11.5 Å². The fourth-order valence-electron chi connectivity index (χ4n) is 4.06. The number of rotatable bonds is 6. The summed E-state index contributed by atoms with van der Waals surface area (Å²) in [6.07, 6.45) is -0.823. The topological polar surface area (TPSA) is 64.6 Å². The van der Waals surface area contributed by atoms with E-state index in [0.717, 1.165) is 0 Å². The predicted molar refractivity (Wildman–Crippen MR) is 125 cm³/mol. The van der Waals surface area contributed by atoms with Crippen LogP contribution in [0.15, 0.2) is 95.9 Å². The maximum absolute atomic E-state index is 14.0. The molecule has 1 unspecified atom stereocenters. The molecule has 0 saturated heterocycles. The molecule has 35 heavy (non-hydrogen) atoms. The van der Waals surface area contributed by atoms with E-state index in [1.165, 1.54) is 48.5 Å². The van der Waals surface area contributed by atoms with Crippen molar-refractivity contribution in [3.8, 4) is 22.6 Å². The van der Waals surface area contributed by atoms with Crippen LogP contribution in [0.1, 0.15) is 17.2 Å². The quantitative estimate of drug-likeness (QED) is 0.336. The van der Waals surface area contributed by atoms with E-state index in [9.17, 15) is 21.6 Å². The summed E-state index contributed by atoms with van der Waals surface area (Å²) in [6, 6.07) is 22.8. The van der Waals surface area contributed by atoms with Crippen molar-refractivity contribution in [2.75, 3.05) is 4.72 Å². The van der Waals surface area contributed by atoms with Gasteiger partial charge in [-0.25, -0.2) is 12.8 Å². The molecule has 5 rings (SSSR count). The molecule has 0 saturated carbocycles. The first kappa shape index (κ1) is 22.8. The van der Waals surface area contributed by atoms with Crippen molar-refractivity contribution in [3.63, 3.8) is 0 Å². The van der Waals surface area contributed by atoms with E-state index in [1.807, 2.05) is 0 Å². The first-order chi connectivity index (χ1) is 16.8. The number of hydrogen-bond donors (Lipinski definition) is 1. The van der Waals surface area contributed by atoms with Gasteiger partial charge in [-0.15, -0.1) is 0 Å². The van der Waals surface area contributed by atoms with Crippen LogP contribution in [0.25, 0.3) is 11.1 Å². The Morgan fingerprint density at radius 1 is 0.886 bits per heavy atom. The summed E-state index contributed by atoms with van der Waals surface area (Å²) in [5, 5.41) is 0. The van der Waals surface area contributed by atoms with Crippen molar-refractivity contribution in [3.05, 3.63) is 108 Å². The van der Waals surface area contributed by atoms with E-state index in [4.69, 9.17) is 9.47 Å². The summed E-state index contributed by atoms with van der Waals surface area (Å²) in [6.45, 7) is -3.05. The molecule has 0 amide bonds. The summed E-state index contributed by atoms with van der Waals surface area (Å²) < 4.78 is 79.3. The molecule has 1 N–H and O–H groups in total. The minimum Gasteiger partial charge on any atom is -0.480 e. The Bertz CT molecular complexity index is 1490. The summed E-state index contributed by atoms with van der Waals surface area (Å²) in [4.78, 5) is 0.0774. The SMILES string of the molecule is O=S(=O)(Nc1ccc2c(c1)C(c1cccc(F)c1)Oc1cccc(OC(F)F)c1-2)c1ccccc1. The third-order valence-corrected chi connectivity index (χ3v) is 6.91. The molecule has 4 aromatic carbocycles. The molecule has 4 aromatic rings. The predicted octanol–water partition coefficient (Wildman–Crippen LogP) is 6.38. The molecule has 1 aliphatic heterocycles. The van der Waals surface area contributed by atoms with Gasteiger partial charge in [0, 0.05) is 11.3 Å². The molecular weight excluding hydrogens is 479 g/mol. The highest BCUT2D eigenvalue weighted by atomic mass is 32.2. The van der Waals surface area contributed by atoms with E-state index in [1.54, 1.807) is 42.5 Å². The van der Waals surface area contributed by atoms with Crippen LogP contribution in [-0.4, -0.2) is 15.0 Å². The van der Waals surface area contributed by atoms with Crippen LogP contribution in [0.3, 0.4) is 0 Å². The standard InChI is InChI=1S/C26H18F3NO4S/c27-17-7-4-6-16(14-17)25-21-15-18(30-35(31,32)19-8-2-1-3-9-19)12-13-20(21)24-22(33-25)10-5-11-23(24)34-26(28)29/h1-15,25-26,30H. The molecule has 1 heterocycles. The summed E-state index contributed by atoms with van der Waals surface area (Å²) in [5.74, 6) is -0.286. The molecule has 5 nitrogen and oxygen atoms in total. The molecule has 1 atom stereocenters. The zero-order valence-electron chi connectivity index (χ0n) is 18.0. The smallest absolute Gasteiger partial charge is 0.387 e. The highest BCUT2D eigenvalue weighted by Gasteiger charge is 2.31. The van der Waals surface area contributed by atoms with Gasteiger partial charge in [-0.2, -0.15) is 8.78 Å². The van der Waals surface area contributed by atoms with Gasteiger partial charge in [0.2, 0.25) is 0 Å². The number of sulfonamides is 1. The lowest BCUT2D eigenvalue weighted by molar-refractivity contribution is -0.0496. The number of anilines is 1. The zero-order valence-corrected chi connectivity index (χ0v) is 18.8. The summed E-state index contributed by atoms with van der Waals surface area (Å²) >= 11 is 0. The Hall–Kier alpha value is -3.98. The van der Waals surface area contributed by atoms with Crippen LogP contribution in [0, 0.1) is 5.82 Å². The van der Waals surface area contributed by atoms with E-state index in [0.29, 0.717) is 22.3 Å². The molecule has 0 bridgehead atoms.